The zero-order chi connectivity index (χ0) is 22.9. The fraction of sp³-hybridized carbons (Fsp3) is 0.545. The monoisotopic (exact) mass is 447 g/mol. The van der Waals surface area contributed by atoms with E-state index in [0.29, 0.717) is 62.6 Å². The van der Waals surface area contributed by atoms with Gasteiger partial charge in [0.1, 0.15) is 0 Å². The van der Waals surface area contributed by atoms with Crippen LogP contribution in [0, 0.1) is 5.92 Å². The molecule has 0 N–H and O–H groups in total. The molecule has 0 bridgehead atoms. The Morgan fingerprint density at radius 2 is 1.94 bits per heavy atom. The number of hydrogen-bond acceptors (Lipinski definition) is 9. The first-order valence-electron chi connectivity index (χ1n) is 10.7. The number of esters is 1. The third-order valence-electron chi connectivity index (χ3n) is 4.62. The van der Waals surface area contributed by atoms with Crippen molar-refractivity contribution in [3.05, 3.63) is 35.5 Å². The summed E-state index contributed by atoms with van der Waals surface area (Å²) in [6, 6.07) is 4.66. The number of morpholine rings is 1. The van der Waals surface area contributed by atoms with Crippen molar-refractivity contribution in [1.29, 1.82) is 0 Å². The average molecular weight is 447 g/mol. The lowest BCUT2D eigenvalue weighted by atomic mass is 10.1. The molecule has 1 aliphatic rings. The zero-order valence-corrected chi connectivity index (χ0v) is 18.7. The zero-order valence-electron chi connectivity index (χ0n) is 18.7. The van der Waals surface area contributed by atoms with Crippen LogP contribution in [0.15, 0.2) is 22.7 Å². The van der Waals surface area contributed by atoms with E-state index in [0.717, 1.165) is 0 Å². The van der Waals surface area contributed by atoms with E-state index in [1.165, 1.54) is 6.07 Å². The van der Waals surface area contributed by atoms with Crippen molar-refractivity contribution in [2.75, 3.05) is 39.5 Å². The van der Waals surface area contributed by atoms with E-state index in [2.05, 4.69) is 24.0 Å². The van der Waals surface area contributed by atoms with E-state index >= 15 is 0 Å². The summed E-state index contributed by atoms with van der Waals surface area (Å²) < 4.78 is 26.9. The minimum Gasteiger partial charge on any atom is -0.490 e. The number of hydrogen-bond donors (Lipinski definition) is 0. The van der Waals surface area contributed by atoms with Crippen molar-refractivity contribution in [1.82, 2.24) is 15.0 Å². The highest BCUT2D eigenvalue weighted by Crippen LogP contribution is 2.29. The van der Waals surface area contributed by atoms with Crippen LogP contribution < -0.4 is 9.47 Å². The van der Waals surface area contributed by atoms with Crippen molar-refractivity contribution in [2.45, 2.75) is 33.8 Å². The molecule has 32 heavy (non-hydrogen) atoms. The van der Waals surface area contributed by atoms with Gasteiger partial charge < -0.3 is 28.4 Å². The Morgan fingerprint density at radius 1 is 1.16 bits per heavy atom. The normalized spacial score (nSPS) is 13.8. The molecule has 1 aromatic carbocycles. The minimum absolute atomic E-state index is 0.125. The lowest BCUT2D eigenvalue weighted by Crippen LogP contribution is -2.43. The van der Waals surface area contributed by atoms with E-state index in [4.69, 9.17) is 23.5 Å². The Bertz CT molecular complexity index is 907. The number of rotatable bonds is 10. The number of nitrogens with zero attached hydrogens (tertiary/aromatic N) is 3. The summed E-state index contributed by atoms with van der Waals surface area (Å²) in [6.45, 7) is 8.18. The van der Waals surface area contributed by atoms with E-state index in [-0.39, 0.29) is 30.6 Å². The van der Waals surface area contributed by atoms with Gasteiger partial charge in [-0.25, -0.2) is 4.79 Å². The average Bonchev–Trinajstić information content (AvgIpc) is 3.23. The van der Waals surface area contributed by atoms with Gasteiger partial charge >= 0.3 is 5.97 Å². The van der Waals surface area contributed by atoms with Crippen LogP contribution in [0.2, 0.25) is 0 Å². The predicted octanol–water partition coefficient (Wildman–Crippen LogP) is 2.26. The summed E-state index contributed by atoms with van der Waals surface area (Å²) in [7, 11) is 0. The van der Waals surface area contributed by atoms with Crippen molar-refractivity contribution >= 4 is 11.9 Å². The van der Waals surface area contributed by atoms with Crippen molar-refractivity contribution in [2.24, 2.45) is 5.92 Å². The summed E-state index contributed by atoms with van der Waals surface area (Å²) >= 11 is 0. The van der Waals surface area contributed by atoms with E-state index in [1.54, 1.807) is 17.0 Å². The molecule has 2 aromatic rings. The van der Waals surface area contributed by atoms with E-state index in [9.17, 15) is 9.59 Å². The predicted molar refractivity (Wildman–Crippen MR) is 112 cm³/mol. The van der Waals surface area contributed by atoms with Crippen LogP contribution in [0.25, 0.3) is 0 Å². The lowest BCUT2D eigenvalue weighted by Gasteiger charge is -2.26. The van der Waals surface area contributed by atoms with Gasteiger partial charge in [-0.2, -0.15) is 4.98 Å². The summed E-state index contributed by atoms with van der Waals surface area (Å²) in [6.07, 6.45) is 0.685. The second-order valence-corrected chi connectivity index (χ2v) is 7.65. The van der Waals surface area contributed by atoms with Crippen LogP contribution in [0.3, 0.4) is 0 Å². The fourth-order valence-electron chi connectivity index (χ4n) is 3.07. The van der Waals surface area contributed by atoms with Crippen LogP contribution >= 0.6 is 0 Å². The number of carbonyl (C=O) groups is 2. The second-order valence-electron chi connectivity index (χ2n) is 7.65. The third-order valence-corrected chi connectivity index (χ3v) is 4.62. The highest BCUT2D eigenvalue weighted by Gasteiger charge is 2.19. The molecular weight excluding hydrogens is 418 g/mol. The molecule has 1 aromatic heterocycles. The summed E-state index contributed by atoms with van der Waals surface area (Å²) in [4.78, 5) is 30.7. The molecule has 0 spiro atoms. The topological polar surface area (TPSA) is 113 Å². The lowest BCUT2D eigenvalue weighted by molar-refractivity contribution is -0.137. The summed E-state index contributed by atoms with van der Waals surface area (Å²) in [5.41, 5.74) is 0.280. The van der Waals surface area contributed by atoms with E-state index < -0.39 is 5.97 Å². The second kappa shape index (κ2) is 11.5. The molecule has 1 saturated heterocycles. The van der Waals surface area contributed by atoms with Gasteiger partial charge in [0.2, 0.25) is 0 Å². The molecule has 0 atom stereocenters. The largest absolute Gasteiger partial charge is 0.490 e. The number of benzene rings is 1. The minimum atomic E-state index is -0.564. The first kappa shape index (κ1) is 23.5. The first-order chi connectivity index (χ1) is 15.5. The van der Waals surface area contributed by atoms with Gasteiger partial charge in [-0.1, -0.05) is 19.0 Å². The molecule has 3 rings (SSSR count). The van der Waals surface area contributed by atoms with Crippen LogP contribution in [0.4, 0.5) is 0 Å². The standard InChI is InChI=1S/C22H29N3O7/c1-4-29-18-12-16(22(27)31-13-20-23-19(24-32-20)11-15(2)3)5-6-17(18)30-14-21(26)25-7-9-28-10-8-25/h5-6,12,15H,4,7-11,13-14H2,1-3H3. The highest BCUT2D eigenvalue weighted by molar-refractivity contribution is 5.90. The van der Waals surface area contributed by atoms with Crippen LogP contribution in [-0.2, 0) is 27.3 Å². The van der Waals surface area contributed by atoms with Crippen molar-refractivity contribution in [3.8, 4) is 11.5 Å². The number of aromatic nitrogens is 2. The van der Waals surface area contributed by atoms with Gasteiger partial charge in [0.15, 0.2) is 30.5 Å². The van der Waals surface area contributed by atoms with Gasteiger partial charge in [-0.05, 0) is 31.0 Å². The molecule has 0 unspecified atom stereocenters. The molecule has 174 valence electrons. The van der Waals surface area contributed by atoms with Gasteiger partial charge in [0, 0.05) is 19.5 Å². The van der Waals surface area contributed by atoms with Crippen molar-refractivity contribution in [3.63, 3.8) is 0 Å². The van der Waals surface area contributed by atoms with E-state index in [1.807, 2.05) is 6.92 Å². The molecule has 1 amide bonds. The Morgan fingerprint density at radius 3 is 2.66 bits per heavy atom. The number of ether oxygens (including phenoxy) is 4. The SMILES string of the molecule is CCOc1cc(C(=O)OCc2nc(CC(C)C)no2)ccc1OCC(=O)N1CCOCC1. The number of carbonyl (C=O) groups excluding carboxylic acids is 2. The molecule has 0 aliphatic carbocycles. The summed E-state index contributed by atoms with van der Waals surface area (Å²) in [5, 5.41) is 3.87. The Hall–Kier alpha value is -3.14. The molecule has 0 saturated carbocycles. The molecule has 2 heterocycles. The molecule has 1 aliphatic heterocycles. The van der Waals surface area contributed by atoms with Crippen LogP contribution in [0.1, 0.15) is 42.8 Å². The Kier molecular flexibility index (Phi) is 8.43. The van der Waals surface area contributed by atoms with Crippen LogP contribution in [0.5, 0.6) is 11.5 Å². The highest BCUT2D eigenvalue weighted by atomic mass is 16.6. The van der Waals surface area contributed by atoms with Gasteiger partial charge in [0.25, 0.3) is 11.8 Å². The fourth-order valence-corrected chi connectivity index (χ4v) is 3.07. The van der Waals surface area contributed by atoms with Gasteiger partial charge in [0.05, 0.1) is 25.4 Å². The molecule has 10 heteroatoms. The maximum Gasteiger partial charge on any atom is 0.338 e. The summed E-state index contributed by atoms with van der Waals surface area (Å²) in [5.74, 6) is 1.25. The number of amides is 1. The molecular formula is C22H29N3O7. The quantitative estimate of drug-likeness (QED) is 0.506. The Labute approximate surface area is 186 Å². The molecule has 1 fully saturated rings. The maximum atomic E-state index is 12.5. The van der Waals surface area contributed by atoms with Gasteiger partial charge in [-0.15, -0.1) is 0 Å². The molecule has 10 nitrogen and oxygen atoms in total. The maximum absolute atomic E-state index is 12.5. The van der Waals surface area contributed by atoms with Crippen LogP contribution in [-0.4, -0.2) is 66.4 Å². The van der Waals surface area contributed by atoms with Crippen molar-refractivity contribution < 1.29 is 33.1 Å². The first-order valence-corrected chi connectivity index (χ1v) is 10.7. The molecule has 0 radical (unpaired) electrons. The third kappa shape index (κ3) is 6.68. The van der Waals surface area contributed by atoms with Gasteiger partial charge in [-0.3, -0.25) is 4.79 Å². The Balaban J connectivity index is 1.58. The smallest absolute Gasteiger partial charge is 0.338 e.